The minimum atomic E-state index is 0.501. The molecule has 2 rings (SSSR count). The van der Waals surface area contributed by atoms with Crippen LogP contribution < -0.4 is 10.6 Å². The van der Waals surface area contributed by atoms with Crippen LogP contribution in [-0.2, 0) is 6.54 Å². The molecule has 6 heteroatoms. The van der Waals surface area contributed by atoms with E-state index in [2.05, 4.69) is 25.6 Å². The van der Waals surface area contributed by atoms with Crippen molar-refractivity contribution in [2.75, 3.05) is 17.2 Å². The molecule has 0 aliphatic heterocycles. The highest BCUT2D eigenvalue weighted by Gasteiger charge is 2.04. The number of pyridine rings is 1. The fraction of sp³-hybridized carbons (Fsp3) is 0.250. The van der Waals surface area contributed by atoms with Gasteiger partial charge in [0.2, 0.25) is 5.95 Å². The van der Waals surface area contributed by atoms with Gasteiger partial charge in [-0.1, -0.05) is 17.7 Å². The predicted octanol–water partition coefficient (Wildman–Crippen LogP) is 2.57. The molecule has 0 unspecified atom stereocenters. The van der Waals surface area contributed by atoms with Gasteiger partial charge in [-0.05, 0) is 18.6 Å². The van der Waals surface area contributed by atoms with Crippen LogP contribution in [0, 0.1) is 0 Å². The van der Waals surface area contributed by atoms with Gasteiger partial charge in [0.05, 0.1) is 6.20 Å². The van der Waals surface area contributed by atoms with Gasteiger partial charge in [0.25, 0.3) is 0 Å². The van der Waals surface area contributed by atoms with Crippen LogP contribution >= 0.6 is 11.6 Å². The average Bonchev–Trinajstić information content (AvgIpc) is 2.41. The smallest absolute Gasteiger partial charge is 0.224 e. The number of nitrogens with zero attached hydrogens (tertiary/aromatic N) is 3. The van der Waals surface area contributed by atoms with Gasteiger partial charge in [-0.2, -0.15) is 4.98 Å². The first-order valence-electron chi connectivity index (χ1n) is 5.68. The van der Waals surface area contributed by atoms with Gasteiger partial charge >= 0.3 is 0 Å². The van der Waals surface area contributed by atoms with Gasteiger partial charge in [-0.15, -0.1) is 0 Å². The van der Waals surface area contributed by atoms with Gasteiger partial charge in [-0.25, -0.2) is 4.98 Å². The Bertz CT molecular complexity index is 503. The van der Waals surface area contributed by atoms with Crippen molar-refractivity contribution in [1.29, 1.82) is 0 Å². The van der Waals surface area contributed by atoms with Crippen molar-refractivity contribution < 1.29 is 0 Å². The lowest BCUT2D eigenvalue weighted by molar-refractivity contribution is 1.04. The lowest BCUT2D eigenvalue weighted by atomic mass is 10.3. The van der Waals surface area contributed by atoms with Gasteiger partial charge in [0.15, 0.2) is 5.82 Å². The Morgan fingerprint density at radius 2 is 2.17 bits per heavy atom. The molecule has 0 fully saturated rings. The van der Waals surface area contributed by atoms with Gasteiger partial charge in [-0.3, -0.25) is 4.98 Å². The summed E-state index contributed by atoms with van der Waals surface area (Å²) < 4.78 is 0. The molecule has 2 heterocycles. The summed E-state index contributed by atoms with van der Waals surface area (Å²) in [6.45, 7) is 3.38. The second-order valence-corrected chi connectivity index (χ2v) is 4.04. The Morgan fingerprint density at radius 1 is 1.28 bits per heavy atom. The standard InChI is InChI=1S/C12H14ClN5/c1-2-15-12-17-8-10(13)11(18-12)16-7-9-4-3-5-14-6-9/h3-6,8H,2,7H2,1H3,(H2,15,16,17,18). The number of halogens is 1. The van der Waals surface area contributed by atoms with E-state index in [-0.39, 0.29) is 0 Å². The number of nitrogens with one attached hydrogen (secondary N) is 2. The second-order valence-electron chi connectivity index (χ2n) is 3.64. The molecule has 2 N–H and O–H groups in total. The zero-order chi connectivity index (χ0) is 12.8. The maximum absolute atomic E-state index is 6.03. The van der Waals surface area contributed by atoms with E-state index in [0.717, 1.165) is 12.1 Å². The van der Waals surface area contributed by atoms with Gasteiger partial charge in [0.1, 0.15) is 5.02 Å². The van der Waals surface area contributed by atoms with E-state index < -0.39 is 0 Å². The highest BCUT2D eigenvalue weighted by molar-refractivity contribution is 6.32. The van der Waals surface area contributed by atoms with E-state index in [1.54, 1.807) is 18.6 Å². The van der Waals surface area contributed by atoms with Crippen molar-refractivity contribution in [2.45, 2.75) is 13.5 Å². The van der Waals surface area contributed by atoms with Crippen LogP contribution in [0.1, 0.15) is 12.5 Å². The van der Waals surface area contributed by atoms with E-state index in [0.29, 0.717) is 23.3 Å². The molecule has 0 aromatic carbocycles. The van der Waals surface area contributed by atoms with Crippen LogP contribution in [-0.4, -0.2) is 21.5 Å². The largest absolute Gasteiger partial charge is 0.365 e. The fourth-order valence-corrected chi connectivity index (χ4v) is 1.58. The summed E-state index contributed by atoms with van der Waals surface area (Å²) in [6.07, 6.45) is 5.12. The molecule has 2 aromatic rings. The summed E-state index contributed by atoms with van der Waals surface area (Å²) in [6, 6.07) is 3.88. The van der Waals surface area contributed by atoms with Crippen molar-refractivity contribution in [3.05, 3.63) is 41.3 Å². The van der Waals surface area contributed by atoms with E-state index >= 15 is 0 Å². The Balaban J connectivity index is 2.06. The quantitative estimate of drug-likeness (QED) is 0.868. The van der Waals surface area contributed by atoms with E-state index in [1.807, 2.05) is 19.1 Å². The summed E-state index contributed by atoms with van der Waals surface area (Å²) in [4.78, 5) is 12.4. The van der Waals surface area contributed by atoms with E-state index in [9.17, 15) is 0 Å². The third-order valence-corrected chi connectivity index (χ3v) is 2.54. The lowest BCUT2D eigenvalue weighted by Crippen LogP contribution is -2.07. The Hall–Kier alpha value is -1.88. The first-order chi connectivity index (χ1) is 8.79. The van der Waals surface area contributed by atoms with E-state index in [1.165, 1.54) is 0 Å². The predicted molar refractivity (Wildman–Crippen MR) is 72.8 cm³/mol. The topological polar surface area (TPSA) is 62.7 Å². The molecule has 0 amide bonds. The number of hydrogen-bond acceptors (Lipinski definition) is 5. The maximum atomic E-state index is 6.03. The van der Waals surface area contributed by atoms with Crippen LogP contribution in [0.25, 0.3) is 0 Å². The molecule has 94 valence electrons. The van der Waals surface area contributed by atoms with Crippen molar-refractivity contribution in [1.82, 2.24) is 15.0 Å². The summed E-state index contributed by atoms with van der Waals surface area (Å²) in [5.74, 6) is 1.18. The van der Waals surface area contributed by atoms with Crippen LogP contribution in [0.15, 0.2) is 30.7 Å². The summed E-state index contributed by atoms with van der Waals surface area (Å²) in [5, 5.41) is 6.71. The number of aromatic nitrogens is 3. The second kappa shape index (κ2) is 6.16. The average molecular weight is 264 g/mol. The Kier molecular flexibility index (Phi) is 4.30. The molecular formula is C12H14ClN5. The number of anilines is 2. The van der Waals surface area contributed by atoms with Crippen molar-refractivity contribution in [2.24, 2.45) is 0 Å². The Labute approximate surface area is 111 Å². The summed E-state index contributed by atoms with van der Waals surface area (Å²) in [7, 11) is 0. The zero-order valence-corrected chi connectivity index (χ0v) is 10.8. The Morgan fingerprint density at radius 3 is 2.89 bits per heavy atom. The van der Waals surface area contributed by atoms with Crippen molar-refractivity contribution in [3.63, 3.8) is 0 Å². The van der Waals surface area contributed by atoms with Crippen LogP contribution in [0.5, 0.6) is 0 Å². The SMILES string of the molecule is CCNc1ncc(Cl)c(NCc2cccnc2)n1. The summed E-state index contributed by atoms with van der Waals surface area (Å²) >= 11 is 6.03. The summed E-state index contributed by atoms with van der Waals surface area (Å²) in [5.41, 5.74) is 1.07. The van der Waals surface area contributed by atoms with Crippen LogP contribution in [0.3, 0.4) is 0 Å². The molecule has 5 nitrogen and oxygen atoms in total. The fourth-order valence-electron chi connectivity index (χ4n) is 1.42. The molecule has 2 aromatic heterocycles. The first kappa shape index (κ1) is 12.6. The molecule has 0 aliphatic rings. The van der Waals surface area contributed by atoms with Crippen molar-refractivity contribution in [3.8, 4) is 0 Å². The molecule has 0 atom stereocenters. The number of rotatable bonds is 5. The molecule has 0 bridgehead atoms. The van der Waals surface area contributed by atoms with Crippen LogP contribution in [0.4, 0.5) is 11.8 Å². The molecule has 0 saturated carbocycles. The van der Waals surface area contributed by atoms with Gasteiger partial charge in [0, 0.05) is 25.5 Å². The van der Waals surface area contributed by atoms with Crippen molar-refractivity contribution >= 4 is 23.4 Å². The third kappa shape index (κ3) is 3.30. The highest BCUT2D eigenvalue weighted by Crippen LogP contribution is 2.19. The zero-order valence-electron chi connectivity index (χ0n) is 10.0. The number of hydrogen-bond donors (Lipinski definition) is 2. The highest BCUT2D eigenvalue weighted by atomic mass is 35.5. The van der Waals surface area contributed by atoms with Gasteiger partial charge < -0.3 is 10.6 Å². The van der Waals surface area contributed by atoms with E-state index in [4.69, 9.17) is 11.6 Å². The molecule has 0 saturated heterocycles. The monoisotopic (exact) mass is 263 g/mol. The molecule has 0 aliphatic carbocycles. The molecule has 0 radical (unpaired) electrons. The first-order valence-corrected chi connectivity index (χ1v) is 6.06. The maximum Gasteiger partial charge on any atom is 0.224 e. The third-order valence-electron chi connectivity index (χ3n) is 2.26. The lowest BCUT2D eigenvalue weighted by Gasteiger charge is -2.09. The molecule has 18 heavy (non-hydrogen) atoms. The molecule has 0 spiro atoms. The minimum Gasteiger partial charge on any atom is -0.365 e. The minimum absolute atomic E-state index is 0.501. The molecular weight excluding hydrogens is 250 g/mol. The van der Waals surface area contributed by atoms with Crippen LogP contribution in [0.2, 0.25) is 5.02 Å². The normalized spacial score (nSPS) is 10.1.